The van der Waals surface area contributed by atoms with Gasteiger partial charge in [0.15, 0.2) is 0 Å². The second kappa shape index (κ2) is 5.55. The zero-order valence-corrected chi connectivity index (χ0v) is 11.0. The maximum atomic E-state index is 11.6. The van der Waals surface area contributed by atoms with E-state index in [1.54, 1.807) is 0 Å². The van der Waals surface area contributed by atoms with Crippen molar-refractivity contribution >= 4 is 6.09 Å². The number of nitrogens with one attached hydrogen (secondary N) is 1. The lowest BCUT2D eigenvalue weighted by Crippen LogP contribution is -2.42. The first-order chi connectivity index (χ1) is 7.38. The van der Waals surface area contributed by atoms with Gasteiger partial charge in [-0.2, -0.15) is 0 Å². The highest BCUT2D eigenvalue weighted by molar-refractivity contribution is 5.67. The van der Waals surface area contributed by atoms with Crippen molar-refractivity contribution in [3.8, 4) is 0 Å². The monoisotopic (exact) mass is 227 g/mol. The van der Waals surface area contributed by atoms with Crippen LogP contribution in [0.1, 0.15) is 53.4 Å². The van der Waals surface area contributed by atoms with Gasteiger partial charge in [-0.1, -0.05) is 40.5 Å². The molecule has 94 valence electrons. The van der Waals surface area contributed by atoms with Gasteiger partial charge in [-0.25, -0.2) is 4.79 Å². The number of hydrogen-bond donors (Lipinski definition) is 1. The van der Waals surface area contributed by atoms with E-state index in [-0.39, 0.29) is 11.5 Å². The third-order valence-electron chi connectivity index (χ3n) is 3.05. The Labute approximate surface area is 98.9 Å². The number of rotatable bonds is 2. The Bertz CT molecular complexity index is 233. The fourth-order valence-corrected chi connectivity index (χ4v) is 2.01. The van der Waals surface area contributed by atoms with Crippen LogP contribution in [0.4, 0.5) is 4.79 Å². The van der Waals surface area contributed by atoms with Crippen LogP contribution in [0.5, 0.6) is 0 Å². The maximum Gasteiger partial charge on any atom is 0.407 e. The molecule has 1 saturated carbocycles. The Kier molecular flexibility index (Phi) is 4.63. The van der Waals surface area contributed by atoms with E-state index in [0.717, 1.165) is 6.42 Å². The molecule has 1 rings (SSSR count). The highest BCUT2D eigenvalue weighted by Gasteiger charge is 2.23. The van der Waals surface area contributed by atoms with Gasteiger partial charge in [0.25, 0.3) is 0 Å². The molecule has 1 aliphatic carbocycles. The topological polar surface area (TPSA) is 38.3 Å². The number of carbonyl (C=O) groups is 1. The van der Waals surface area contributed by atoms with Crippen LogP contribution in [0, 0.1) is 11.3 Å². The molecule has 0 saturated heterocycles. The normalized spacial score (nSPS) is 26.2. The molecule has 1 amide bonds. The largest absolute Gasteiger partial charge is 0.449 e. The third kappa shape index (κ3) is 4.86. The number of amides is 1. The molecule has 3 nitrogen and oxygen atoms in total. The predicted molar refractivity (Wildman–Crippen MR) is 65.4 cm³/mol. The van der Waals surface area contributed by atoms with Crippen molar-refractivity contribution in [1.82, 2.24) is 5.32 Å². The van der Waals surface area contributed by atoms with Crippen LogP contribution in [0.15, 0.2) is 0 Å². The van der Waals surface area contributed by atoms with Gasteiger partial charge in [-0.3, -0.25) is 0 Å². The molecule has 0 radical (unpaired) electrons. The fraction of sp³-hybridized carbons (Fsp3) is 0.923. The molecule has 0 aromatic rings. The smallest absolute Gasteiger partial charge is 0.407 e. The summed E-state index contributed by atoms with van der Waals surface area (Å²) in [6.07, 6.45) is 4.55. The molecule has 0 bridgehead atoms. The molecule has 1 aliphatic rings. The number of alkyl carbamates (subject to hydrolysis) is 1. The van der Waals surface area contributed by atoms with Crippen LogP contribution >= 0.6 is 0 Å². The first-order valence-corrected chi connectivity index (χ1v) is 6.32. The molecule has 0 spiro atoms. The van der Waals surface area contributed by atoms with E-state index in [0.29, 0.717) is 18.6 Å². The molecule has 0 heterocycles. The van der Waals surface area contributed by atoms with E-state index >= 15 is 0 Å². The first kappa shape index (κ1) is 13.3. The summed E-state index contributed by atoms with van der Waals surface area (Å²) in [6.45, 7) is 8.85. The van der Waals surface area contributed by atoms with Crippen molar-refractivity contribution in [3.05, 3.63) is 0 Å². The fourth-order valence-electron chi connectivity index (χ4n) is 2.01. The Hall–Kier alpha value is -0.730. The molecule has 1 fully saturated rings. The van der Waals surface area contributed by atoms with Crippen molar-refractivity contribution in [2.24, 2.45) is 11.3 Å². The zero-order valence-electron chi connectivity index (χ0n) is 11.0. The Balaban J connectivity index is 2.28. The molecule has 3 heteroatoms. The van der Waals surface area contributed by atoms with Crippen LogP contribution in [-0.2, 0) is 4.74 Å². The summed E-state index contributed by atoms with van der Waals surface area (Å²) >= 11 is 0. The molecule has 1 N–H and O–H groups in total. The van der Waals surface area contributed by atoms with Crippen molar-refractivity contribution in [3.63, 3.8) is 0 Å². The lowest BCUT2D eigenvalue weighted by atomic mass is 9.86. The molecule has 0 aliphatic heterocycles. The van der Waals surface area contributed by atoms with Gasteiger partial charge in [-0.15, -0.1) is 0 Å². The third-order valence-corrected chi connectivity index (χ3v) is 3.05. The second-order valence-electron chi connectivity index (χ2n) is 6.15. The summed E-state index contributed by atoms with van der Waals surface area (Å²) in [5.74, 6) is 0.580. The van der Waals surface area contributed by atoms with Gasteiger partial charge in [-0.05, 0) is 24.2 Å². The predicted octanol–water partition coefficient (Wildman–Crippen LogP) is 3.34. The Morgan fingerprint density at radius 1 is 1.31 bits per heavy atom. The molecule has 0 unspecified atom stereocenters. The highest BCUT2D eigenvalue weighted by Crippen LogP contribution is 2.23. The lowest BCUT2D eigenvalue weighted by molar-refractivity contribution is 0.0983. The standard InChI is InChI=1S/C13H25NO2/c1-10-7-5-6-8-11(10)14-12(15)16-9-13(2,3)4/h10-11H,5-9H2,1-4H3,(H,14,15)/t10-,11+/m1/s1. The second-order valence-corrected chi connectivity index (χ2v) is 6.15. The van der Waals surface area contributed by atoms with Crippen molar-refractivity contribution in [1.29, 1.82) is 0 Å². The van der Waals surface area contributed by atoms with E-state index in [4.69, 9.17) is 4.74 Å². The lowest BCUT2D eigenvalue weighted by Gasteiger charge is -2.29. The van der Waals surface area contributed by atoms with Crippen LogP contribution in [0.2, 0.25) is 0 Å². The summed E-state index contributed by atoms with van der Waals surface area (Å²) in [5, 5.41) is 2.98. The summed E-state index contributed by atoms with van der Waals surface area (Å²) in [6, 6.07) is 0.307. The van der Waals surface area contributed by atoms with Crippen LogP contribution < -0.4 is 5.32 Å². The van der Waals surface area contributed by atoms with Gasteiger partial charge >= 0.3 is 6.09 Å². The zero-order chi connectivity index (χ0) is 12.2. The molecule has 0 aromatic heterocycles. The van der Waals surface area contributed by atoms with Crippen LogP contribution in [0.3, 0.4) is 0 Å². The number of hydrogen-bond acceptors (Lipinski definition) is 2. The molecular weight excluding hydrogens is 202 g/mol. The van der Waals surface area contributed by atoms with E-state index < -0.39 is 0 Å². The quantitative estimate of drug-likeness (QED) is 0.785. The van der Waals surface area contributed by atoms with Crippen LogP contribution in [-0.4, -0.2) is 18.7 Å². The van der Waals surface area contributed by atoms with E-state index in [9.17, 15) is 4.79 Å². The minimum Gasteiger partial charge on any atom is -0.449 e. The molecule has 16 heavy (non-hydrogen) atoms. The molecular formula is C13H25NO2. The average Bonchev–Trinajstić information content (AvgIpc) is 2.18. The Morgan fingerprint density at radius 2 is 1.94 bits per heavy atom. The maximum absolute atomic E-state index is 11.6. The van der Waals surface area contributed by atoms with Crippen molar-refractivity contribution in [2.75, 3.05) is 6.61 Å². The van der Waals surface area contributed by atoms with Crippen LogP contribution in [0.25, 0.3) is 0 Å². The van der Waals surface area contributed by atoms with Gasteiger partial charge in [0.1, 0.15) is 0 Å². The molecule has 0 aromatic carbocycles. The summed E-state index contributed by atoms with van der Waals surface area (Å²) < 4.78 is 5.21. The molecule has 2 atom stereocenters. The first-order valence-electron chi connectivity index (χ1n) is 6.32. The Morgan fingerprint density at radius 3 is 2.50 bits per heavy atom. The highest BCUT2D eigenvalue weighted by atomic mass is 16.5. The summed E-state index contributed by atoms with van der Waals surface area (Å²) in [7, 11) is 0. The minimum absolute atomic E-state index is 0.0372. The van der Waals surface area contributed by atoms with E-state index in [2.05, 4.69) is 33.0 Å². The van der Waals surface area contributed by atoms with Gasteiger partial charge < -0.3 is 10.1 Å². The van der Waals surface area contributed by atoms with Crippen molar-refractivity contribution in [2.45, 2.75) is 59.4 Å². The van der Waals surface area contributed by atoms with Gasteiger partial charge in [0.2, 0.25) is 0 Å². The SMILES string of the molecule is C[C@@H]1CCCC[C@@H]1NC(=O)OCC(C)(C)C. The average molecular weight is 227 g/mol. The van der Waals surface area contributed by atoms with E-state index in [1.807, 2.05) is 0 Å². The summed E-state index contributed by atoms with van der Waals surface area (Å²) in [4.78, 5) is 11.6. The van der Waals surface area contributed by atoms with E-state index in [1.165, 1.54) is 19.3 Å². The van der Waals surface area contributed by atoms with Gasteiger partial charge in [0, 0.05) is 6.04 Å². The van der Waals surface area contributed by atoms with Gasteiger partial charge in [0.05, 0.1) is 6.61 Å². The number of carbonyl (C=O) groups excluding carboxylic acids is 1. The summed E-state index contributed by atoms with van der Waals surface area (Å²) in [5.41, 5.74) is 0.0372. The number of ether oxygens (including phenoxy) is 1. The van der Waals surface area contributed by atoms with Crippen molar-refractivity contribution < 1.29 is 9.53 Å². The minimum atomic E-state index is -0.256.